The molecule has 0 spiro atoms. The van der Waals surface area contributed by atoms with Crippen LogP contribution in [0.5, 0.6) is 0 Å². The summed E-state index contributed by atoms with van der Waals surface area (Å²) in [5, 5.41) is 22.0. The molecule has 0 unspecified atom stereocenters. The lowest BCUT2D eigenvalue weighted by Crippen LogP contribution is -2.25. The summed E-state index contributed by atoms with van der Waals surface area (Å²) < 4.78 is 1.86. The molecule has 11 nitrogen and oxygen atoms in total. The maximum absolute atomic E-state index is 11.7. The number of hydrogen-bond acceptors (Lipinski definition) is 6. The molecule has 0 atom stereocenters. The number of benzene rings is 1. The minimum atomic E-state index is -1.09. The molecule has 1 aromatic carbocycles. The summed E-state index contributed by atoms with van der Waals surface area (Å²) in [6, 6.07) is 7.84. The van der Waals surface area contributed by atoms with Crippen LogP contribution in [0.2, 0.25) is 0 Å². The highest BCUT2D eigenvalue weighted by atomic mass is 16.6. The second kappa shape index (κ2) is 7.38. The zero-order valence-electron chi connectivity index (χ0n) is 15.3. The third-order valence-corrected chi connectivity index (χ3v) is 4.35. The van der Waals surface area contributed by atoms with E-state index in [0.29, 0.717) is 11.3 Å². The smallest absolute Gasteiger partial charge is 0.318 e. The molecule has 0 radical (unpaired) electrons. The first kappa shape index (κ1) is 19.5. The van der Waals surface area contributed by atoms with Gasteiger partial charge < -0.3 is 9.55 Å². The number of nitro benzene ring substituents is 1. The van der Waals surface area contributed by atoms with Gasteiger partial charge in [-0.1, -0.05) is 6.08 Å². The van der Waals surface area contributed by atoms with Crippen LogP contribution >= 0.6 is 0 Å². The quantitative estimate of drug-likeness (QED) is 0.497. The Morgan fingerprint density at radius 2 is 1.62 bits per heavy atom. The van der Waals surface area contributed by atoms with Crippen LogP contribution in [0, 0.1) is 34.1 Å². The first-order chi connectivity index (χ1) is 13.7. The second-order valence-electron chi connectivity index (χ2n) is 6.20. The summed E-state index contributed by atoms with van der Waals surface area (Å²) in [6.45, 7) is 3.65. The Bertz CT molecular complexity index is 1260. The summed E-state index contributed by atoms with van der Waals surface area (Å²) in [6.07, 6.45) is 2.83. The Balaban J connectivity index is 2.04. The Morgan fingerprint density at radius 1 is 0.966 bits per heavy atom. The Hall–Kier alpha value is -4.28. The predicted octanol–water partition coefficient (Wildman–Crippen LogP) is 2.46. The zero-order valence-corrected chi connectivity index (χ0v) is 15.3. The van der Waals surface area contributed by atoms with E-state index in [2.05, 4.69) is 4.98 Å². The molecule has 0 bridgehead atoms. The first-order valence-electron chi connectivity index (χ1n) is 8.32. The van der Waals surface area contributed by atoms with Crippen LogP contribution in [0.15, 0.2) is 39.9 Å². The van der Waals surface area contributed by atoms with Crippen LogP contribution in [-0.4, -0.2) is 24.4 Å². The fourth-order valence-corrected chi connectivity index (χ4v) is 3.05. The number of nitrogens with one attached hydrogen (secondary N) is 2. The van der Waals surface area contributed by atoms with Gasteiger partial charge in [0, 0.05) is 29.2 Å². The van der Waals surface area contributed by atoms with E-state index in [1.54, 1.807) is 18.2 Å². The molecule has 2 N–H and O–H groups in total. The SMILES string of the molecule is Cc1cc(/C=C/c2[nH]c(=O)[nH]c(=O)c2[N+](=O)[O-])c(C)n1-c1ccc([N+](=O)[O-])cc1. The van der Waals surface area contributed by atoms with Crippen molar-refractivity contribution in [1.82, 2.24) is 14.5 Å². The van der Waals surface area contributed by atoms with Crippen molar-refractivity contribution in [1.29, 1.82) is 0 Å². The highest BCUT2D eigenvalue weighted by Gasteiger charge is 2.19. The average molecular weight is 397 g/mol. The van der Waals surface area contributed by atoms with Gasteiger partial charge in [0.2, 0.25) is 0 Å². The van der Waals surface area contributed by atoms with Crippen molar-refractivity contribution in [2.45, 2.75) is 13.8 Å². The van der Waals surface area contributed by atoms with Gasteiger partial charge in [-0.15, -0.1) is 0 Å². The standard InChI is InChI=1S/C18H15N5O6/c1-10-9-12(3-8-15-16(23(28)29)17(24)20-18(25)19-15)11(2)21(10)13-4-6-14(7-5-13)22(26)27/h3-9H,1-2H3,(H2,19,20,24,25)/b8-3+. The van der Waals surface area contributed by atoms with E-state index < -0.39 is 26.8 Å². The third kappa shape index (κ3) is 3.74. The van der Waals surface area contributed by atoms with Crippen molar-refractivity contribution >= 4 is 23.5 Å². The number of rotatable bonds is 5. The molecule has 2 heterocycles. The molecule has 0 aliphatic rings. The van der Waals surface area contributed by atoms with Gasteiger partial charge in [0.05, 0.1) is 9.85 Å². The normalized spacial score (nSPS) is 11.1. The Kier molecular flexibility index (Phi) is 4.96. The van der Waals surface area contributed by atoms with Gasteiger partial charge in [0.25, 0.3) is 5.69 Å². The van der Waals surface area contributed by atoms with Gasteiger partial charge in [-0.2, -0.15) is 0 Å². The number of aromatic nitrogens is 3. The molecule has 0 saturated carbocycles. The van der Waals surface area contributed by atoms with Gasteiger partial charge in [-0.05, 0) is 43.7 Å². The lowest BCUT2D eigenvalue weighted by atomic mass is 10.2. The van der Waals surface area contributed by atoms with Crippen molar-refractivity contribution in [2.75, 3.05) is 0 Å². The predicted molar refractivity (Wildman–Crippen MR) is 105 cm³/mol. The molecule has 0 saturated heterocycles. The van der Waals surface area contributed by atoms with Crippen LogP contribution in [0.4, 0.5) is 11.4 Å². The number of H-pyrrole nitrogens is 2. The molecule has 3 rings (SSSR count). The van der Waals surface area contributed by atoms with Crippen LogP contribution in [0.3, 0.4) is 0 Å². The van der Waals surface area contributed by atoms with Crippen LogP contribution < -0.4 is 11.2 Å². The van der Waals surface area contributed by atoms with E-state index in [9.17, 15) is 29.8 Å². The molecule has 11 heteroatoms. The minimum Gasteiger partial charge on any atom is -0.318 e. The fraction of sp³-hybridized carbons (Fsp3) is 0.111. The number of nitrogens with zero attached hydrogens (tertiary/aromatic N) is 3. The maximum atomic E-state index is 11.7. The van der Waals surface area contributed by atoms with Crippen LogP contribution in [-0.2, 0) is 0 Å². The second-order valence-corrected chi connectivity index (χ2v) is 6.20. The van der Waals surface area contributed by atoms with Crippen molar-refractivity contribution in [3.63, 3.8) is 0 Å². The van der Waals surface area contributed by atoms with Gasteiger partial charge in [-0.25, -0.2) is 4.79 Å². The van der Waals surface area contributed by atoms with E-state index in [4.69, 9.17) is 0 Å². The largest absolute Gasteiger partial charge is 0.357 e. The van der Waals surface area contributed by atoms with Crippen molar-refractivity contribution in [3.8, 4) is 5.69 Å². The zero-order chi connectivity index (χ0) is 21.3. The molecular weight excluding hydrogens is 382 g/mol. The molecule has 2 aromatic heterocycles. The molecule has 0 aliphatic heterocycles. The van der Waals surface area contributed by atoms with Crippen LogP contribution in [0.1, 0.15) is 22.6 Å². The summed E-state index contributed by atoms with van der Waals surface area (Å²) >= 11 is 0. The van der Waals surface area contributed by atoms with Gasteiger partial charge in [-0.3, -0.25) is 30.0 Å². The van der Waals surface area contributed by atoms with E-state index in [0.717, 1.165) is 11.4 Å². The summed E-state index contributed by atoms with van der Waals surface area (Å²) in [5.41, 5.74) is 0.0478. The molecule has 3 aromatic rings. The van der Waals surface area contributed by atoms with Gasteiger partial charge >= 0.3 is 16.9 Å². The summed E-state index contributed by atoms with van der Waals surface area (Å²) in [5.74, 6) is 0. The van der Waals surface area contributed by atoms with Crippen molar-refractivity contribution in [3.05, 3.63) is 94.0 Å². The van der Waals surface area contributed by atoms with Gasteiger partial charge in [0.1, 0.15) is 5.69 Å². The molecule has 29 heavy (non-hydrogen) atoms. The highest BCUT2D eigenvalue weighted by Crippen LogP contribution is 2.24. The first-order valence-corrected chi connectivity index (χ1v) is 8.32. The van der Waals surface area contributed by atoms with Gasteiger partial charge in [0.15, 0.2) is 0 Å². The number of aryl methyl sites for hydroxylation is 1. The average Bonchev–Trinajstić information content (AvgIpc) is 2.92. The summed E-state index contributed by atoms with van der Waals surface area (Å²) in [7, 11) is 0. The van der Waals surface area contributed by atoms with Crippen molar-refractivity contribution in [2.24, 2.45) is 0 Å². The third-order valence-electron chi connectivity index (χ3n) is 4.35. The van der Waals surface area contributed by atoms with E-state index in [1.165, 1.54) is 18.2 Å². The number of non-ortho nitro benzene ring substituents is 1. The van der Waals surface area contributed by atoms with E-state index in [-0.39, 0.29) is 11.4 Å². The van der Waals surface area contributed by atoms with E-state index in [1.807, 2.05) is 29.5 Å². The molecular formula is C18H15N5O6. The topological polar surface area (TPSA) is 157 Å². The molecule has 0 amide bonds. The fourth-order valence-electron chi connectivity index (χ4n) is 3.05. The van der Waals surface area contributed by atoms with E-state index >= 15 is 0 Å². The summed E-state index contributed by atoms with van der Waals surface area (Å²) in [4.78, 5) is 47.8. The van der Waals surface area contributed by atoms with Crippen molar-refractivity contribution < 1.29 is 9.85 Å². The number of nitro groups is 2. The Labute approximate surface area is 162 Å². The Morgan fingerprint density at radius 3 is 2.21 bits per heavy atom. The molecule has 0 fully saturated rings. The monoisotopic (exact) mass is 397 g/mol. The maximum Gasteiger partial charge on any atom is 0.357 e. The number of aromatic amines is 2. The lowest BCUT2D eigenvalue weighted by Gasteiger charge is -2.09. The minimum absolute atomic E-state index is 0.0260. The molecule has 148 valence electrons. The highest BCUT2D eigenvalue weighted by molar-refractivity contribution is 5.73. The lowest BCUT2D eigenvalue weighted by molar-refractivity contribution is -0.386. The number of hydrogen-bond donors (Lipinski definition) is 2. The molecule has 0 aliphatic carbocycles. The van der Waals surface area contributed by atoms with Crippen LogP contribution in [0.25, 0.3) is 17.8 Å².